The van der Waals surface area contributed by atoms with E-state index in [0.717, 1.165) is 16.9 Å². The molecular formula is C22H23ClN2O2S. The van der Waals surface area contributed by atoms with Gasteiger partial charge in [-0.3, -0.25) is 9.69 Å². The third-order valence-corrected chi connectivity index (χ3v) is 5.59. The summed E-state index contributed by atoms with van der Waals surface area (Å²) in [6.45, 7) is 6.78. The quantitative estimate of drug-likeness (QED) is 0.570. The van der Waals surface area contributed by atoms with Crippen LogP contribution in [0.25, 0.3) is 6.08 Å². The van der Waals surface area contributed by atoms with E-state index in [0.29, 0.717) is 33.2 Å². The third kappa shape index (κ3) is 4.59. The van der Waals surface area contributed by atoms with E-state index in [4.69, 9.17) is 16.3 Å². The smallest absolute Gasteiger partial charge is 0.266 e. The van der Waals surface area contributed by atoms with Crippen molar-refractivity contribution in [2.75, 3.05) is 13.7 Å². The molecule has 1 saturated heterocycles. The largest absolute Gasteiger partial charge is 0.497 e. The Morgan fingerprint density at radius 1 is 1.25 bits per heavy atom. The molecule has 0 atom stereocenters. The number of hydrogen-bond acceptors (Lipinski definition) is 4. The zero-order chi connectivity index (χ0) is 20.3. The number of aryl methyl sites for hydroxylation is 1. The van der Waals surface area contributed by atoms with E-state index in [1.807, 2.05) is 49.4 Å². The van der Waals surface area contributed by atoms with Crippen molar-refractivity contribution in [3.05, 3.63) is 63.5 Å². The Morgan fingerprint density at radius 3 is 2.64 bits per heavy atom. The monoisotopic (exact) mass is 414 g/mol. The van der Waals surface area contributed by atoms with E-state index in [9.17, 15) is 4.79 Å². The fraction of sp³-hybridized carbons (Fsp3) is 0.273. The van der Waals surface area contributed by atoms with Crippen LogP contribution in [0.5, 0.6) is 5.75 Å². The summed E-state index contributed by atoms with van der Waals surface area (Å²) in [6.07, 6.45) is 1.92. The number of halogens is 1. The topological polar surface area (TPSA) is 41.9 Å². The minimum Gasteiger partial charge on any atom is -0.497 e. The molecule has 0 aliphatic carbocycles. The van der Waals surface area contributed by atoms with E-state index >= 15 is 0 Å². The van der Waals surface area contributed by atoms with Crippen molar-refractivity contribution in [2.45, 2.75) is 20.8 Å². The van der Waals surface area contributed by atoms with Crippen molar-refractivity contribution in [1.82, 2.24) is 4.90 Å². The Kier molecular flexibility index (Phi) is 6.47. The number of para-hydroxylation sites is 1. The number of ether oxygens (including phenoxy) is 1. The predicted octanol–water partition coefficient (Wildman–Crippen LogP) is 5.92. The minimum atomic E-state index is -0.0280. The van der Waals surface area contributed by atoms with Gasteiger partial charge in [0.1, 0.15) is 5.75 Å². The lowest BCUT2D eigenvalue weighted by Gasteiger charge is -2.17. The van der Waals surface area contributed by atoms with Gasteiger partial charge in [-0.1, -0.05) is 43.6 Å². The van der Waals surface area contributed by atoms with Gasteiger partial charge >= 0.3 is 0 Å². The van der Waals surface area contributed by atoms with Gasteiger partial charge in [-0.05, 0) is 66.1 Å². The van der Waals surface area contributed by atoms with E-state index in [1.54, 1.807) is 18.1 Å². The Morgan fingerprint density at radius 2 is 2.00 bits per heavy atom. The second kappa shape index (κ2) is 8.84. The number of rotatable bonds is 5. The average Bonchev–Trinajstić information content (AvgIpc) is 2.93. The average molecular weight is 415 g/mol. The lowest BCUT2D eigenvalue weighted by molar-refractivity contribution is -0.122. The number of nitrogens with zero attached hydrogens (tertiary/aromatic N) is 2. The summed E-state index contributed by atoms with van der Waals surface area (Å²) >= 11 is 7.65. The van der Waals surface area contributed by atoms with Crippen LogP contribution < -0.4 is 4.74 Å². The first-order valence-electron chi connectivity index (χ1n) is 9.08. The van der Waals surface area contributed by atoms with Gasteiger partial charge in [0.25, 0.3) is 5.91 Å². The number of methoxy groups -OCH3 is 1. The molecule has 6 heteroatoms. The lowest BCUT2D eigenvalue weighted by Crippen LogP contribution is -2.32. The van der Waals surface area contributed by atoms with Crippen molar-refractivity contribution in [1.29, 1.82) is 0 Å². The summed E-state index contributed by atoms with van der Waals surface area (Å²) in [6, 6.07) is 13.2. The van der Waals surface area contributed by atoms with Gasteiger partial charge in [0.05, 0.1) is 22.7 Å². The number of carbonyl (C=O) groups is 1. The van der Waals surface area contributed by atoms with Crippen molar-refractivity contribution < 1.29 is 9.53 Å². The van der Waals surface area contributed by atoms with Crippen molar-refractivity contribution in [2.24, 2.45) is 10.9 Å². The second-order valence-corrected chi connectivity index (χ2v) is 8.40. The zero-order valence-electron chi connectivity index (χ0n) is 16.4. The van der Waals surface area contributed by atoms with Gasteiger partial charge in [-0.15, -0.1) is 0 Å². The Balaban J connectivity index is 1.98. The molecule has 3 rings (SSSR count). The number of amidine groups is 1. The summed E-state index contributed by atoms with van der Waals surface area (Å²) in [4.78, 5) is 20.1. The molecule has 0 bridgehead atoms. The molecule has 0 aromatic heterocycles. The Labute approximate surface area is 175 Å². The summed E-state index contributed by atoms with van der Waals surface area (Å²) in [5.41, 5.74) is 2.70. The first-order valence-corrected chi connectivity index (χ1v) is 10.3. The van der Waals surface area contributed by atoms with E-state index < -0.39 is 0 Å². The van der Waals surface area contributed by atoms with E-state index in [2.05, 4.69) is 18.8 Å². The van der Waals surface area contributed by atoms with E-state index in [1.165, 1.54) is 11.8 Å². The third-order valence-electron chi connectivity index (χ3n) is 4.27. The second-order valence-electron chi connectivity index (χ2n) is 6.99. The predicted molar refractivity (Wildman–Crippen MR) is 118 cm³/mol. The number of hydrogen-bond donors (Lipinski definition) is 0. The Hall–Kier alpha value is -2.24. The van der Waals surface area contributed by atoms with Crippen LogP contribution >= 0.6 is 23.4 Å². The van der Waals surface area contributed by atoms with Gasteiger partial charge < -0.3 is 4.74 Å². The standard InChI is InChI=1S/C22H23ClN2O2S/c1-14(2)13-25-21(26)20(12-16-9-10-17(27-4)11-15(16)3)28-22(25)24-19-8-6-5-7-18(19)23/h5-12,14H,13H2,1-4H3/b20-12+,24-22?. The highest BCUT2D eigenvalue weighted by Crippen LogP contribution is 2.36. The molecule has 1 amide bonds. The molecule has 0 spiro atoms. The van der Waals surface area contributed by atoms with Crippen LogP contribution in [0.2, 0.25) is 5.02 Å². The molecule has 4 nitrogen and oxygen atoms in total. The molecule has 0 N–H and O–H groups in total. The highest BCUT2D eigenvalue weighted by molar-refractivity contribution is 8.18. The first-order chi connectivity index (χ1) is 13.4. The molecule has 146 valence electrons. The summed E-state index contributed by atoms with van der Waals surface area (Å²) in [7, 11) is 1.64. The van der Waals surface area contributed by atoms with Crippen LogP contribution in [0, 0.1) is 12.8 Å². The maximum atomic E-state index is 13.1. The molecule has 1 aliphatic heterocycles. The number of benzene rings is 2. The maximum Gasteiger partial charge on any atom is 0.266 e. The van der Waals surface area contributed by atoms with Gasteiger partial charge in [-0.25, -0.2) is 4.99 Å². The molecule has 2 aromatic rings. The van der Waals surface area contributed by atoms with Gasteiger partial charge in [0.2, 0.25) is 0 Å². The number of amides is 1. The van der Waals surface area contributed by atoms with Crippen LogP contribution in [0.4, 0.5) is 5.69 Å². The van der Waals surface area contributed by atoms with Crippen LogP contribution in [0.15, 0.2) is 52.4 Å². The summed E-state index contributed by atoms with van der Waals surface area (Å²) in [5, 5.41) is 1.22. The molecule has 1 heterocycles. The molecule has 0 radical (unpaired) electrons. The first kappa shape index (κ1) is 20.5. The number of aliphatic imine (C=N–C) groups is 1. The maximum absolute atomic E-state index is 13.1. The van der Waals surface area contributed by atoms with Crippen molar-refractivity contribution in [3.63, 3.8) is 0 Å². The summed E-state index contributed by atoms with van der Waals surface area (Å²) in [5.74, 6) is 1.09. The van der Waals surface area contributed by atoms with Crippen molar-refractivity contribution in [3.8, 4) is 5.75 Å². The normalized spacial score (nSPS) is 17.2. The molecule has 28 heavy (non-hydrogen) atoms. The van der Waals surface area contributed by atoms with Crippen LogP contribution in [0.1, 0.15) is 25.0 Å². The van der Waals surface area contributed by atoms with Gasteiger partial charge in [0.15, 0.2) is 5.17 Å². The highest BCUT2D eigenvalue weighted by atomic mass is 35.5. The number of thioether (sulfide) groups is 1. The molecule has 0 saturated carbocycles. The van der Waals surface area contributed by atoms with E-state index in [-0.39, 0.29) is 5.91 Å². The van der Waals surface area contributed by atoms with Crippen LogP contribution in [-0.4, -0.2) is 29.6 Å². The fourth-order valence-corrected chi connectivity index (χ4v) is 4.01. The minimum absolute atomic E-state index is 0.0280. The number of carbonyl (C=O) groups excluding carboxylic acids is 1. The SMILES string of the molecule is COc1ccc(/C=C2/SC(=Nc3ccccc3Cl)N(CC(C)C)C2=O)c(C)c1. The molecule has 0 unspecified atom stereocenters. The molecule has 2 aromatic carbocycles. The zero-order valence-corrected chi connectivity index (χ0v) is 18.0. The highest BCUT2D eigenvalue weighted by Gasteiger charge is 2.34. The molecule has 1 fully saturated rings. The summed E-state index contributed by atoms with van der Waals surface area (Å²) < 4.78 is 5.26. The lowest BCUT2D eigenvalue weighted by atomic mass is 10.1. The molecule has 1 aliphatic rings. The fourth-order valence-electron chi connectivity index (χ4n) is 2.84. The van der Waals surface area contributed by atoms with Crippen LogP contribution in [-0.2, 0) is 4.79 Å². The Bertz CT molecular complexity index is 953. The van der Waals surface area contributed by atoms with Gasteiger partial charge in [0, 0.05) is 6.54 Å². The molecular weight excluding hydrogens is 392 g/mol. The van der Waals surface area contributed by atoms with Crippen LogP contribution in [0.3, 0.4) is 0 Å². The van der Waals surface area contributed by atoms with Crippen molar-refractivity contribution >= 4 is 46.2 Å². The van der Waals surface area contributed by atoms with Gasteiger partial charge in [-0.2, -0.15) is 0 Å².